The van der Waals surface area contributed by atoms with Crippen LogP contribution >= 0.6 is 0 Å². The number of fused-ring (bicyclic) bond motifs is 1. The monoisotopic (exact) mass is 549 g/mol. The number of hydrogen-bond donors (Lipinski definition) is 4. The molecular formula is C28H27N3O7S. The molecular weight excluding hydrogens is 522 g/mol. The highest BCUT2D eigenvalue weighted by atomic mass is 32.2. The van der Waals surface area contributed by atoms with Crippen LogP contribution in [0.25, 0.3) is 22.1 Å². The van der Waals surface area contributed by atoms with E-state index in [1.54, 1.807) is 75.4 Å². The standard InChI is InChI=1S/C28H27N3O7S/c1-15(2)24(28(34)35)31-39(36,37)20-13-9-18(10-14-20)17-7-11-19(12-8-17)30-27(33)25-16(3)23-21(26(29)32)5-4-6-22(23)38-25/h4-15,24,31H,1-3H3,(H2,29,32)(H,30,33)(H,34,35)/t24-/m0/s1. The Hall–Kier alpha value is -4.48. The normalized spacial score (nSPS) is 12.4. The van der Waals surface area contributed by atoms with Gasteiger partial charge in [0.05, 0.1) is 10.5 Å². The number of carboxylic acid groups (broad SMARTS) is 1. The fourth-order valence-electron chi connectivity index (χ4n) is 4.19. The molecule has 11 heteroatoms. The molecule has 5 N–H and O–H groups in total. The number of benzene rings is 3. The maximum atomic E-state index is 12.9. The first-order chi connectivity index (χ1) is 18.4. The molecule has 0 aliphatic carbocycles. The number of rotatable bonds is 9. The van der Waals surface area contributed by atoms with Crippen molar-refractivity contribution in [2.24, 2.45) is 11.7 Å². The van der Waals surface area contributed by atoms with Crippen molar-refractivity contribution in [3.8, 4) is 11.1 Å². The molecule has 0 radical (unpaired) electrons. The molecule has 0 spiro atoms. The van der Waals surface area contributed by atoms with Gasteiger partial charge in [-0.3, -0.25) is 14.4 Å². The SMILES string of the molecule is Cc1c(C(=O)Nc2ccc(-c3ccc(S(=O)(=O)N[C@H](C(=O)O)C(C)C)cc3)cc2)oc2cccc(C(N)=O)c12. The molecule has 39 heavy (non-hydrogen) atoms. The Balaban J connectivity index is 1.50. The molecule has 1 heterocycles. The maximum Gasteiger partial charge on any atom is 0.322 e. The number of hydrogen-bond acceptors (Lipinski definition) is 6. The van der Waals surface area contributed by atoms with Gasteiger partial charge in [-0.25, -0.2) is 8.42 Å². The third-order valence-electron chi connectivity index (χ3n) is 6.28. The number of carbonyl (C=O) groups excluding carboxylic acids is 2. The minimum Gasteiger partial charge on any atom is -0.480 e. The summed E-state index contributed by atoms with van der Waals surface area (Å²) in [5.41, 5.74) is 8.59. The van der Waals surface area contributed by atoms with Gasteiger partial charge in [0.2, 0.25) is 15.9 Å². The predicted octanol–water partition coefficient (Wildman–Crippen LogP) is 4.15. The summed E-state index contributed by atoms with van der Waals surface area (Å²) in [6, 6.07) is 16.5. The Morgan fingerprint density at radius 1 is 0.923 bits per heavy atom. The lowest BCUT2D eigenvalue weighted by Crippen LogP contribution is -2.44. The summed E-state index contributed by atoms with van der Waals surface area (Å²) in [4.78, 5) is 36.0. The first-order valence-corrected chi connectivity index (χ1v) is 13.5. The summed E-state index contributed by atoms with van der Waals surface area (Å²) in [6.45, 7) is 4.92. The maximum absolute atomic E-state index is 12.9. The van der Waals surface area contributed by atoms with Crippen LogP contribution < -0.4 is 15.8 Å². The topological polar surface area (TPSA) is 169 Å². The molecule has 2 amide bonds. The molecule has 0 fully saturated rings. The van der Waals surface area contributed by atoms with Crippen molar-refractivity contribution in [3.63, 3.8) is 0 Å². The van der Waals surface area contributed by atoms with Gasteiger partial charge < -0.3 is 20.6 Å². The van der Waals surface area contributed by atoms with Gasteiger partial charge in [-0.1, -0.05) is 44.2 Å². The number of amides is 2. The lowest BCUT2D eigenvalue weighted by molar-refractivity contribution is -0.140. The zero-order valence-corrected chi connectivity index (χ0v) is 22.2. The first-order valence-electron chi connectivity index (χ1n) is 12.0. The lowest BCUT2D eigenvalue weighted by Gasteiger charge is -2.18. The van der Waals surface area contributed by atoms with Crippen molar-refractivity contribution >= 4 is 44.5 Å². The fourth-order valence-corrected chi connectivity index (χ4v) is 5.53. The van der Waals surface area contributed by atoms with Gasteiger partial charge in [-0.2, -0.15) is 4.72 Å². The molecule has 0 unspecified atom stereocenters. The molecule has 0 saturated carbocycles. The number of carboxylic acids is 1. The number of furan rings is 1. The highest BCUT2D eigenvalue weighted by Crippen LogP contribution is 2.29. The summed E-state index contributed by atoms with van der Waals surface area (Å²) < 4.78 is 33.2. The van der Waals surface area contributed by atoms with E-state index in [-0.39, 0.29) is 16.2 Å². The lowest BCUT2D eigenvalue weighted by atomic mass is 10.0. The van der Waals surface area contributed by atoms with Crippen LogP contribution in [-0.4, -0.2) is 37.3 Å². The van der Waals surface area contributed by atoms with Gasteiger partial charge in [-0.05, 0) is 60.4 Å². The van der Waals surface area contributed by atoms with Crippen LogP contribution in [0.2, 0.25) is 0 Å². The predicted molar refractivity (Wildman–Crippen MR) is 146 cm³/mol. The number of primary amides is 1. The molecule has 0 aliphatic heterocycles. The highest BCUT2D eigenvalue weighted by molar-refractivity contribution is 7.89. The summed E-state index contributed by atoms with van der Waals surface area (Å²) in [6.07, 6.45) is 0. The second-order valence-electron chi connectivity index (χ2n) is 9.34. The zero-order valence-electron chi connectivity index (χ0n) is 21.4. The van der Waals surface area contributed by atoms with E-state index in [9.17, 15) is 27.9 Å². The van der Waals surface area contributed by atoms with E-state index in [2.05, 4.69) is 10.0 Å². The van der Waals surface area contributed by atoms with Crippen LogP contribution in [0, 0.1) is 12.8 Å². The van der Waals surface area contributed by atoms with Gasteiger partial charge >= 0.3 is 5.97 Å². The van der Waals surface area contributed by atoms with Crippen molar-refractivity contribution < 1.29 is 32.3 Å². The van der Waals surface area contributed by atoms with Crippen LogP contribution in [0.4, 0.5) is 5.69 Å². The first kappa shape index (κ1) is 27.6. The van der Waals surface area contributed by atoms with Crippen LogP contribution in [0.5, 0.6) is 0 Å². The molecule has 3 aromatic carbocycles. The smallest absolute Gasteiger partial charge is 0.322 e. The van der Waals surface area contributed by atoms with Gasteiger partial charge in [-0.15, -0.1) is 0 Å². The Kier molecular flexibility index (Phi) is 7.57. The minimum absolute atomic E-state index is 0.0530. The van der Waals surface area contributed by atoms with Crippen molar-refractivity contribution in [2.45, 2.75) is 31.7 Å². The number of aliphatic carboxylic acids is 1. The summed E-state index contributed by atoms with van der Waals surface area (Å²) in [7, 11) is -4.03. The average molecular weight is 550 g/mol. The third kappa shape index (κ3) is 5.69. The Morgan fingerprint density at radius 3 is 2.05 bits per heavy atom. The molecule has 4 rings (SSSR count). The van der Waals surface area contributed by atoms with Gasteiger partial charge in [0.25, 0.3) is 5.91 Å². The number of nitrogens with one attached hydrogen (secondary N) is 2. The third-order valence-corrected chi connectivity index (χ3v) is 7.74. The molecule has 1 atom stereocenters. The van der Waals surface area contributed by atoms with Crippen molar-refractivity contribution in [1.82, 2.24) is 4.72 Å². The largest absolute Gasteiger partial charge is 0.480 e. The number of aryl methyl sites for hydroxylation is 1. The number of anilines is 1. The molecule has 0 saturated heterocycles. The fraction of sp³-hybridized carbons (Fsp3) is 0.179. The molecule has 0 bridgehead atoms. The van der Waals surface area contributed by atoms with E-state index in [1.165, 1.54) is 12.1 Å². The van der Waals surface area contributed by atoms with E-state index >= 15 is 0 Å². The second-order valence-corrected chi connectivity index (χ2v) is 11.1. The van der Waals surface area contributed by atoms with Crippen molar-refractivity contribution in [2.75, 3.05) is 5.32 Å². The molecule has 10 nitrogen and oxygen atoms in total. The number of nitrogens with two attached hydrogens (primary N) is 1. The molecule has 0 aliphatic rings. The van der Waals surface area contributed by atoms with Gasteiger partial charge in [0.15, 0.2) is 5.76 Å². The average Bonchev–Trinajstić information content (AvgIpc) is 3.24. The summed E-state index contributed by atoms with van der Waals surface area (Å²) >= 11 is 0. The number of sulfonamides is 1. The summed E-state index contributed by atoms with van der Waals surface area (Å²) in [5, 5.41) is 12.6. The Morgan fingerprint density at radius 2 is 1.51 bits per heavy atom. The van der Waals surface area contributed by atoms with Gasteiger partial charge in [0, 0.05) is 16.6 Å². The zero-order chi connectivity index (χ0) is 28.5. The van der Waals surface area contributed by atoms with Gasteiger partial charge in [0.1, 0.15) is 11.6 Å². The Bertz CT molecular complexity index is 1670. The molecule has 4 aromatic rings. The van der Waals surface area contributed by atoms with E-state index in [0.29, 0.717) is 22.2 Å². The van der Waals surface area contributed by atoms with Crippen LogP contribution in [0.1, 0.15) is 40.3 Å². The molecule has 1 aromatic heterocycles. The van der Waals surface area contributed by atoms with Crippen LogP contribution in [-0.2, 0) is 14.8 Å². The van der Waals surface area contributed by atoms with Crippen molar-refractivity contribution in [1.29, 1.82) is 0 Å². The van der Waals surface area contributed by atoms with Crippen molar-refractivity contribution in [3.05, 3.63) is 83.6 Å². The van der Waals surface area contributed by atoms with E-state index in [0.717, 1.165) is 11.1 Å². The number of carbonyl (C=O) groups is 3. The van der Waals surface area contributed by atoms with E-state index in [4.69, 9.17) is 10.2 Å². The summed E-state index contributed by atoms with van der Waals surface area (Å²) in [5.74, 6) is -2.72. The Labute approximate surface area is 224 Å². The highest BCUT2D eigenvalue weighted by Gasteiger charge is 2.28. The van der Waals surface area contributed by atoms with E-state index < -0.39 is 39.8 Å². The van der Waals surface area contributed by atoms with Crippen LogP contribution in [0.3, 0.4) is 0 Å². The minimum atomic E-state index is -4.03. The quantitative estimate of drug-likeness (QED) is 0.243. The van der Waals surface area contributed by atoms with E-state index in [1.807, 2.05) is 0 Å². The van der Waals surface area contributed by atoms with Crippen LogP contribution in [0.15, 0.2) is 76.0 Å². The second kappa shape index (κ2) is 10.7. The molecule has 202 valence electrons.